The molecule has 2 aromatic carbocycles. The molecule has 12 nitrogen and oxygen atoms in total. The molecule has 0 aliphatic carbocycles. The zero-order chi connectivity index (χ0) is 26.6. The van der Waals surface area contributed by atoms with Gasteiger partial charge in [-0.15, -0.1) is 0 Å². The molecule has 1 saturated heterocycles. The van der Waals surface area contributed by atoms with Crippen LogP contribution in [0.25, 0.3) is 6.08 Å². The van der Waals surface area contributed by atoms with Crippen LogP contribution in [0.5, 0.6) is 5.75 Å². The van der Waals surface area contributed by atoms with Crippen molar-refractivity contribution in [2.24, 2.45) is 10.1 Å². The van der Waals surface area contributed by atoms with Crippen LogP contribution in [-0.4, -0.2) is 69.0 Å². The quantitative estimate of drug-likeness (QED) is 0.323. The van der Waals surface area contributed by atoms with Crippen molar-refractivity contribution in [2.45, 2.75) is 13.0 Å². The number of benzene rings is 2. The number of amidine groups is 2. The van der Waals surface area contributed by atoms with Crippen LogP contribution in [0.1, 0.15) is 17.5 Å². The van der Waals surface area contributed by atoms with Crippen molar-refractivity contribution in [3.05, 3.63) is 75.3 Å². The van der Waals surface area contributed by atoms with Crippen LogP contribution in [0.4, 0.5) is 5.69 Å². The van der Waals surface area contributed by atoms with Crippen molar-refractivity contribution < 1.29 is 24.0 Å². The topological polar surface area (TPSA) is 151 Å². The van der Waals surface area contributed by atoms with Crippen LogP contribution in [-0.2, 0) is 20.9 Å². The Hall–Kier alpha value is -4.36. The molecule has 0 bridgehead atoms. The maximum atomic E-state index is 12.7. The normalized spacial score (nSPS) is 18.3. The van der Waals surface area contributed by atoms with Crippen molar-refractivity contribution in [1.29, 1.82) is 5.41 Å². The van der Waals surface area contributed by atoms with Gasteiger partial charge in [0, 0.05) is 19.2 Å². The smallest absolute Gasteiger partial charge is 0.283 e. The summed E-state index contributed by atoms with van der Waals surface area (Å²) in [6.07, 6.45) is 1.60. The molecule has 13 heteroatoms. The highest BCUT2D eigenvalue weighted by atomic mass is 32.2. The number of ether oxygens (including phenoxy) is 2. The van der Waals surface area contributed by atoms with Gasteiger partial charge in [-0.3, -0.25) is 25.1 Å². The molecule has 0 radical (unpaired) electrons. The third-order valence-corrected chi connectivity index (χ3v) is 6.84. The van der Waals surface area contributed by atoms with Gasteiger partial charge < -0.3 is 14.4 Å². The minimum Gasteiger partial charge on any atom is -0.489 e. The van der Waals surface area contributed by atoms with Gasteiger partial charge in [0.05, 0.1) is 35.7 Å². The lowest BCUT2D eigenvalue weighted by molar-refractivity contribution is -0.385. The van der Waals surface area contributed by atoms with Gasteiger partial charge in [0.2, 0.25) is 11.1 Å². The van der Waals surface area contributed by atoms with Crippen LogP contribution >= 0.6 is 11.8 Å². The summed E-state index contributed by atoms with van der Waals surface area (Å²) in [5.74, 6) is -0.289. The number of aliphatic imine (C=N–C) groups is 1. The van der Waals surface area contributed by atoms with Gasteiger partial charge in [-0.05, 0) is 41.6 Å². The minimum absolute atomic E-state index is 0.0144. The molecule has 0 saturated carbocycles. The van der Waals surface area contributed by atoms with E-state index in [1.807, 2.05) is 0 Å². The van der Waals surface area contributed by atoms with Gasteiger partial charge in [-0.25, -0.2) is 0 Å². The second kappa shape index (κ2) is 10.9. The lowest BCUT2D eigenvalue weighted by atomic mass is 10.1. The van der Waals surface area contributed by atoms with Gasteiger partial charge in [-0.1, -0.05) is 24.3 Å². The molecule has 3 aliphatic rings. The maximum absolute atomic E-state index is 12.7. The highest BCUT2D eigenvalue weighted by Crippen LogP contribution is 2.30. The average molecular weight is 535 g/mol. The zero-order valence-electron chi connectivity index (χ0n) is 20.0. The third kappa shape index (κ3) is 5.48. The first-order valence-electron chi connectivity index (χ1n) is 11.7. The van der Waals surface area contributed by atoms with E-state index in [1.165, 1.54) is 17.2 Å². The van der Waals surface area contributed by atoms with Crippen LogP contribution in [0.15, 0.2) is 64.2 Å². The fourth-order valence-corrected chi connectivity index (χ4v) is 4.83. The number of morpholine rings is 1. The fourth-order valence-electron chi connectivity index (χ4n) is 3.96. The third-order valence-electron chi connectivity index (χ3n) is 5.94. The highest BCUT2D eigenvalue weighted by molar-refractivity contribution is 8.27. The van der Waals surface area contributed by atoms with Crippen LogP contribution in [0.3, 0.4) is 0 Å². The van der Waals surface area contributed by atoms with Gasteiger partial charge in [0.15, 0.2) is 5.84 Å². The summed E-state index contributed by atoms with van der Waals surface area (Å²) in [5, 5.41) is 26.0. The van der Waals surface area contributed by atoms with Crippen LogP contribution in [0.2, 0.25) is 0 Å². The molecule has 3 heterocycles. The summed E-state index contributed by atoms with van der Waals surface area (Å²) in [4.78, 5) is 41.7. The van der Waals surface area contributed by atoms with E-state index in [0.717, 1.165) is 11.8 Å². The molecule has 1 N–H and O–H groups in total. The Morgan fingerprint density at radius 2 is 1.92 bits per heavy atom. The molecule has 0 aromatic heterocycles. The molecule has 194 valence electrons. The van der Waals surface area contributed by atoms with Crippen molar-refractivity contribution in [3.63, 3.8) is 0 Å². The molecule has 2 aromatic rings. The Labute approximate surface area is 221 Å². The molecule has 0 atom stereocenters. The molecule has 0 unspecified atom stereocenters. The molecule has 2 amide bonds. The summed E-state index contributed by atoms with van der Waals surface area (Å²) in [7, 11) is 0. The second-order valence-corrected chi connectivity index (χ2v) is 9.47. The summed E-state index contributed by atoms with van der Waals surface area (Å²) in [5.41, 5.74) is 1.13. The van der Waals surface area contributed by atoms with Crippen LogP contribution in [0, 0.1) is 15.5 Å². The highest BCUT2D eigenvalue weighted by Gasteiger charge is 2.36. The van der Waals surface area contributed by atoms with E-state index in [4.69, 9.17) is 14.9 Å². The Morgan fingerprint density at radius 3 is 2.66 bits per heavy atom. The van der Waals surface area contributed by atoms with E-state index in [0.29, 0.717) is 48.2 Å². The molecule has 0 spiro atoms. The van der Waals surface area contributed by atoms with Gasteiger partial charge in [-0.2, -0.15) is 15.1 Å². The number of rotatable bonds is 7. The monoisotopic (exact) mass is 534 g/mol. The molecular formula is C25H22N6O6S. The molecule has 5 rings (SSSR count). The Kier molecular flexibility index (Phi) is 7.29. The van der Waals surface area contributed by atoms with E-state index in [2.05, 4.69) is 10.1 Å². The Morgan fingerprint density at radius 1 is 1.18 bits per heavy atom. The number of nitro groups is 1. The van der Waals surface area contributed by atoms with Crippen molar-refractivity contribution >= 4 is 51.4 Å². The minimum atomic E-state index is -0.568. The predicted molar refractivity (Wildman–Crippen MR) is 141 cm³/mol. The lowest BCUT2D eigenvalue weighted by Crippen LogP contribution is -2.41. The number of hydrogen-bond acceptors (Lipinski definition) is 9. The SMILES string of the molecule is N=C1C(=Cc2ccc(OCc3ccccc3[N+](=O)[O-])cc2)C(=O)N=C2SC(CC(=O)N3CCOCC3)=NN12. The first-order valence-corrected chi connectivity index (χ1v) is 12.5. The van der Waals surface area contributed by atoms with E-state index in [9.17, 15) is 19.7 Å². The summed E-state index contributed by atoms with van der Waals surface area (Å²) in [6, 6.07) is 13.1. The number of nitro benzene ring substituents is 1. The number of hydrazone groups is 1. The van der Waals surface area contributed by atoms with Crippen molar-refractivity contribution in [3.8, 4) is 5.75 Å². The predicted octanol–water partition coefficient (Wildman–Crippen LogP) is 3.04. The number of amides is 2. The Balaban J connectivity index is 1.25. The standard InChI is InChI=1S/C25H22N6O6S/c26-23-19(13-16-5-7-18(8-6-16)37-15-17-3-1-2-4-20(17)31(34)35)24(33)27-25-30(23)28-21(38-25)14-22(32)29-9-11-36-12-10-29/h1-8,13,26H,9-12,14-15H2. The van der Waals surface area contributed by atoms with Crippen molar-refractivity contribution in [1.82, 2.24) is 9.91 Å². The molecule has 1 fully saturated rings. The summed E-state index contributed by atoms with van der Waals surface area (Å²) in [6.45, 7) is 2.08. The molecule has 38 heavy (non-hydrogen) atoms. The van der Waals surface area contributed by atoms with Gasteiger partial charge in [0.1, 0.15) is 17.4 Å². The first-order chi connectivity index (χ1) is 18.4. The number of para-hydroxylation sites is 1. The fraction of sp³-hybridized carbons (Fsp3) is 0.240. The number of carbonyl (C=O) groups is 2. The van der Waals surface area contributed by atoms with E-state index in [-0.39, 0.29) is 41.2 Å². The van der Waals surface area contributed by atoms with Crippen LogP contribution < -0.4 is 4.74 Å². The van der Waals surface area contributed by atoms with E-state index < -0.39 is 10.8 Å². The number of thioether (sulfide) groups is 1. The average Bonchev–Trinajstić information content (AvgIpc) is 3.33. The number of carbonyl (C=O) groups excluding carboxylic acids is 2. The maximum Gasteiger partial charge on any atom is 0.283 e. The lowest BCUT2D eigenvalue weighted by Gasteiger charge is -2.26. The molecule has 3 aliphatic heterocycles. The summed E-state index contributed by atoms with van der Waals surface area (Å²) >= 11 is 1.11. The number of hydrogen-bond donors (Lipinski definition) is 1. The number of fused-ring (bicyclic) bond motifs is 1. The van der Waals surface area contributed by atoms with E-state index >= 15 is 0 Å². The number of nitrogens with one attached hydrogen (secondary N) is 1. The van der Waals surface area contributed by atoms with E-state index in [1.54, 1.807) is 47.4 Å². The summed E-state index contributed by atoms with van der Waals surface area (Å²) < 4.78 is 11.0. The van der Waals surface area contributed by atoms with Gasteiger partial charge in [0.25, 0.3) is 11.6 Å². The van der Waals surface area contributed by atoms with Gasteiger partial charge >= 0.3 is 0 Å². The first kappa shape index (κ1) is 25.3. The Bertz CT molecular complexity index is 1400. The second-order valence-electron chi connectivity index (χ2n) is 8.43. The zero-order valence-corrected chi connectivity index (χ0v) is 20.8. The molecular weight excluding hydrogens is 512 g/mol. The largest absolute Gasteiger partial charge is 0.489 e. The van der Waals surface area contributed by atoms with Crippen molar-refractivity contribution in [2.75, 3.05) is 26.3 Å². The number of nitrogens with zero attached hydrogens (tertiary/aromatic N) is 5.